The summed E-state index contributed by atoms with van der Waals surface area (Å²) >= 11 is 0. The van der Waals surface area contributed by atoms with Crippen LogP contribution in [0.4, 0.5) is 16.4 Å². The third-order valence-corrected chi connectivity index (χ3v) is 4.85. The van der Waals surface area contributed by atoms with Gasteiger partial charge in [-0.05, 0) is 33.3 Å². The number of imidazole rings is 1. The van der Waals surface area contributed by atoms with Gasteiger partial charge in [0.25, 0.3) is 0 Å². The smallest absolute Gasteiger partial charge is 0.421 e. The van der Waals surface area contributed by atoms with Crippen LogP contribution in [0.25, 0.3) is 11.3 Å². The molecule has 1 aromatic carbocycles. The molecule has 0 saturated heterocycles. The average molecular weight is 429 g/mol. The maximum Gasteiger partial charge on any atom is 0.421 e. The quantitative estimate of drug-likeness (QED) is 0.452. The first-order chi connectivity index (χ1) is 14.7. The van der Waals surface area contributed by atoms with Crippen molar-refractivity contribution >= 4 is 23.6 Å². The Morgan fingerprint density at radius 1 is 1.06 bits per heavy atom. The van der Waals surface area contributed by atoms with E-state index in [2.05, 4.69) is 17.2 Å². The second-order valence-electron chi connectivity index (χ2n) is 8.78. The number of hydrogen-bond acceptors (Lipinski definition) is 5. The molecule has 7 nitrogen and oxygen atoms in total. The standard InChI is InChI=1S/C24H36N4O3/c1-5-6-7-8-9-10-11-16-21(29)27-19-15-13-12-14-18(19)20-17-26-22(25)28(20)23(30)31-24(2,3)4/h12-15,17H,5-11,16H2,1-4H3,(H2,25,26)(H,27,29). The number of amides is 1. The summed E-state index contributed by atoms with van der Waals surface area (Å²) in [5.74, 6) is -0.00855. The van der Waals surface area contributed by atoms with E-state index in [1.807, 2.05) is 18.2 Å². The van der Waals surface area contributed by atoms with E-state index in [0.717, 1.165) is 19.3 Å². The second kappa shape index (κ2) is 11.5. The molecule has 1 amide bonds. The van der Waals surface area contributed by atoms with Crippen molar-refractivity contribution in [3.63, 3.8) is 0 Å². The fourth-order valence-electron chi connectivity index (χ4n) is 3.33. The number of para-hydroxylation sites is 1. The van der Waals surface area contributed by atoms with Crippen molar-refractivity contribution in [1.29, 1.82) is 0 Å². The Kier molecular flexibility index (Phi) is 9.09. The molecule has 7 heteroatoms. The summed E-state index contributed by atoms with van der Waals surface area (Å²) in [5, 5.41) is 2.97. The highest BCUT2D eigenvalue weighted by Gasteiger charge is 2.24. The molecular weight excluding hydrogens is 392 g/mol. The van der Waals surface area contributed by atoms with Crippen LogP contribution >= 0.6 is 0 Å². The van der Waals surface area contributed by atoms with E-state index in [1.54, 1.807) is 26.8 Å². The number of benzene rings is 1. The number of nitrogens with two attached hydrogens (primary N) is 1. The molecule has 0 aliphatic rings. The molecule has 0 unspecified atom stereocenters. The number of carbonyl (C=O) groups is 2. The van der Waals surface area contributed by atoms with Gasteiger partial charge in [-0.2, -0.15) is 0 Å². The molecule has 0 aliphatic carbocycles. The van der Waals surface area contributed by atoms with Crippen molar-refractivity contribution in [2.24, 2.45) is 0 Å². The lowest BCUT2D eigenvalue weighted by Crippen LogP contribution is -2.28. The molecule has 1 aromatic heterocycles. The van der Waals surface area contributed by atoms with Gasteiger partial charge in [0.1, 0.15) is 5.60 Å². The van der Waals surface area contributed by atoms with Crippen LogP contribution in [-0.4, -0.2) is 27.2 Å². The Morgan fingerprint density at radius 3 is 2.39 bits per heavy atom. The van der Waals surface area contributed by atoms with Crippen LogP contribution in [0.5, 0.6) is 0 Å². The van der Waals surface area contributed by atoms with Crippen molar-refractivity contribution in [1.82, 2.24) is 9.55 Å². The lowest BCUT2D eigenvalue weighted by Gasteiger charge is -2.21. The molecule has 0 saturated carbocycles. The van der Waals surface area contributed by atoms with Gasteiger partial charge in [0.2, 0.25) is 11.9 Å². The van der Waals surface area contributed by atoms with E-state index >= 15 is 0 Å². The summed E-state index contributed by atoms with van der Waals surface area (Å²) in [6, 6.07) is 7.30. The highest BCUT2D eigenvalue weighted by atomic mass is 16.6. The van der Waals surface area contributed by atoms with E-state index in [9.17, 15) is 9.59 Å². The predicted molar refractivity (Wildman–Crippen MR) is 125 cm³/mol. The highest BCUT2D eigenvalue weighted by Crippen LogP contribution is 2.30. The molecule has 1 heterocycles. The Labute approximate surface area is 185 Å². The minimum atomic E-state index is -0.671. The lowest BCUT2D eigenvalue weighted by molar-refractivity contribution is -0.116. The molecule has 0 atom stereocenters. The summed E-state index contributed by atoms with van der Waals surface area (Å²) in [4.78, 5) is 29.2. The van der Waals surface area contributed by atoms with Gasteiger partial charge in [-0.1, -0.05) is 63.6 Å². The van der Waals surface area contributed by atoms with Crippen LogP contribution in [0.1, 0.15) is 79.1 Å². The fourth-order valence-corrected chi connectivity index (χ4v) is 3.33. The summed E-state index contributed by atoms with van der Waals surface area (Å²) in [6.45, 7) is 7.57. The predicted octanol–water partition coefficient (Wildman–Crippen LogP) is 5.99. The number of hydrogen-bond donors (Lipinski definition) is 2. The Balaban J connectivity index is 2.06. The largest absolute Gasteiger partial charge is 0.443 e. The van der Waals surface area contributed by atoms with Crippen LogP contribution in [0, 0.1) is 0 Å². The monoisotopic (exact) mass is 428 g/mol. The minimum Gasteiger partial charge on any atom is -0.443 e. The van der Waals surface area contributed by atoms with Gasteiger partial charge in [-0.3, -0.25) is 4.79 Å². The van der Waals surface area contributed by atoms with Crippen molar-refractivity contribution in [3.8, 4) is 11.3 Å². The molecule has 3 N–H and O–H groups in total. The molecule has 0 spiro atoms. The van der Waals surface area contributed by atoms with Crippen LogP contribution in [0.3, 0.4) is 0 Å². The summed E-state index contributed by atoms with van der Waals surface area (Å²) in [6.07, 6.45) is 9.47. The number of ether oxygens (including phenoxy) is 1. The fraction of sp³-hybridized carbons (Fsp3) is 0.542. The number of aromatic nitrogens is 2. The van der Waals surface area contributed by atoms with E-state index in [4.69, 9.17) is 10.5 Å². The van der Waals surface area contributed by atoms with E-state index in [0.29, 0.717) is 23.4 Å². The Bertz CT molecular complexity index is 868. The van der Waals surface area contributed by atoms with Gasteiger partial charge >= 0.3 is 6.09 Å². The molecule has 2 rings (SSSR count). The number of nitrogen functional groups attached to an aromatic ring is 1. The second-order valence-corrected chi connectivity index (χ2v) is 8.78. The van der Waals surface area contributed by atoms with Crippen molar-refractivity contribution in [2.75, 3.05) is 11.1 Å². The number of unbranched alkanes of at least 4 members (excludes halogenated alkanes) is 6. The van der Waals surface area contributed by atoms with E-state index in [1.165, 1.54) is 36.4 Å². The first kappa shape index (κ1) is 24.4. The lowest BCUT2D eigenvalue weighted by atomic mass is 10.1. The first-order valence-corrected chi connectivity index (χ1v) is 11.2. The maximum atomic E-state index is 12.7. The molecule has 2 aromatic rings. The molecule has 0 bridgehead atoms. The van der Waals surface area contributed by atoms with Crippen LogP contribution in [-0.2, 0) is 9.53 Å². The van der Waals surface area contributed by atoms with Crippen molar-refractivity contribution in [2.45, 2.75) is 84.7 Å². The van der Waals surface area contributed by atoms with Crippen LogP contribution < -0.4 is 11.1 Å². The zero-order chi connectivity index (χ0) is 22.9. The van der Waals surface area contributed by atoms with Crippen LogP contribution in [0.2, 0.25) is 0 Å². The van der Waals surface area contributed by atoms with Gasteiger partial charge in [0, 0.05) is 12.0 Å². The SMILES string of the molecule is CCCCCCCCCC(=O)Nc1ccccc1-c1cnc(N)n1C(=O)OC(C)(C)C. The normalized spacial score (nSPS) is 11.4. The van der Waals surface area contributed by atoms with Crippen LogP contribution in [0.15, 0.2) is 30.5 Å². The van der Waals surface area contributed by atoms with E-state index < -0.39 is 11.7 Å². The third kappa shape index (κ3) is 7.74. The van der Waals surface area contributed by atoms with Gasteiger partial charge in [0.05, 0.1) is 17.6 Å². The summed E-state index contributed by atoms with van der Waals surface area (Å²) < 4.78 is 6.69. The Hall–Kier alpha value is -2.83. The van der Waals surface area contributed by atoms with Gasteiger partial charge in [0.15, 0.2) is 0 Å². The molecular formula is C24H36N4O3. The van der Waals surface area contributed by atoms with Gasteiger partial charge < -0.3 is 15.8 Å². The van der Waals surface area contributed by atoms with E-state index in [-0.39, 0.29) is 11.9 Å². The number of nitrogens with zero attached hydrogens (tertiary/aromatic N) is 2. The maximum absolute atomic E-state index is 12.7. The molecule has 0 fully saturated rings. The third-order valence-electron chi connectivity index (χ3n) is 4.85. The zero-order valence-corrected chi connectivity index (χ0v) is 19.2. The van der Waals surface area contributed by atoms with Crippen molar-refractivity contribution in [3.05, 3.63) is 30.5 Å². The number of rotatable bonds is 10. The number of anilines is 2. The highest BCUT2D eigenvalue weighted by molar-refractivity contribution is 5.96. The molecule has 0 aliphatic heterocycles. The zero-order valence-electron chi connectivity index (χ0n) is 19.2. The molecule has 31 heavy (non-hydrogen) atoms. The Morgan fingerprint density at radius 2 is 1.71 bits per heavy atom. The summed E-state index contributed by atoms with van der Waals surface area (Å²) in [7, 11) is 0. The average Bonchev–Trinajstić information content (AvgIpc) is 3.08. The number of nitrogens with one attached hydrogen (secondary N) is 1. The minimum absolute atomic E-state index is 0.0356. The van der Waals surface area contributed by atoms with Crippen molar-refractivity contribution < 1.29 is 14.3 Å². The van der Waals surface area contributed by atoms with Gasteiger partial charge in [-0.15, -0.1) is 0 Å². The topological polar surface area (TPSA) is 99.2 Å². The first-order valence-electron chi connectivity index (χ1n) is 11.2. The molecule has 170 valence electrons. The molecule has 0 radical (unpaired) electrons. The summed E-state index contributed by atoms with van der Waals surface area (Å²) in [5.41, 5.74) is 7.01. The number of carbonyl (C=O) groups excluding carboxylic acids is 2. The van der Waals surface area contributed by atoms with Gasteiger partial charge in [-0.25, -0.2) is 14.3 Å².